The first kappa shape index (κ1) is 20.1. The van der Waals surface area contributed by atoms with Gasteiger partial charge in [-0.1, -0.05) is 37.3 Å². The van der Waals surface area contributed by atoms with Crippen LogP contribution in [0.3, 0.4) is 0 Å². The van der Waals surface area contributed by atoms with Crippen LogP contribution in [0.25, 0.3) is 0 Å². The highest BCUT2D eigenvalue weighted by molar-refractivity contribution is 6.07. The quantitative estimate of drug-likeness (QED) is 0.567. The van der Waals surface area contributed by atoms with E-state index in [0.29, 0.717) is 11.3 Å². The Bertz CT molecular complexity index is 1000. The summed E-state index contributed by atoms with van der Waals surface area (Å²) in [6.07, 6.45) is 2.52. The number of hydrogen-bond acceptors (Lipinski definition) is 5. The maximum atomic E-state index is 12.6. The summed E-state index contributed by atoms with van der Waals surface area (Å²) >= 11 is 0. The molecular formula is C23H23N3O3. The van der Waals surface area contributed by atoms with E-state index in [-0.39, 0.29) is 12.3 Å². The molecule has 6 nitrogen and oxygen atoms in total. The topological polar surface area (TPSA) is 80.3 Å². The molecule has 1 heterocycles. The highest BCUT2D eigenvalue weighted by Crippen LogP contribution is 2.21. The molecule has 0 saturated heterocycles. The summed E-state index contributed by atoms with van der Waals surface area (Å²) in [7, 11) is 0. The second-order valence-corrected chi connectivity index (χ2v) is 6.29. The number of para-hydroxylation sites is 2. The lowest BCUT2D eigenvalue weighted by atomic mass is 10.1. The average Bonchev–Trinajstić information content (AvgIpc) is 2.75. The van der Waals surface area contributed by atoms with Crippen LogP contribution in [0.5, 0.6) is 0 Å². The van der Waals surface area contributed by atoms with E-state index in [1.807, 2.05) is 18.2 Å². The lowest BCUT2D eigenvalue weighted by Gasteiger charge is -2.12. The number of esters is 1. The molecule has 0 bridgehead atoms. The van der Waals surface area contributed by atoms with Crippen LogP contribution in [0.2, 0.25) is 0 Å². The van der Waals surface area contributed by atoms with Crippen LogP contribution < -0.4 is 10.6 Å². The molecule has 0 aliphatic carbocycles. The van der Waals surface area contributed by atoms with E-state index in [4.69, 9.17) is 4.74 Å². The third kappa shape index (κ3) is 4.99. The Morgan fingerprint density at radius 1 is 0.931 bits per heavy atom. The summed E-state index contributed by atoms with van der Waals surface area (Å²) < 4.78 is 5.03. The van der Waals surface area contributed by atoms with E-state index in [2.05, 4.69) is 28.6 Å². The van der Waals surface area contributed by atoms with Crippen LogP contribution in [0.4, 0.5) is 17.1 Å². The average molecular weight is 389 g/mol. The molecule has 0 spiro atoms. The molecule has 0 aliphatic heterocycles. The largest absolute Gasteiger partial charge is 0.462 e. The summed E-state index contributed by atoms with van der Waals surface area (Å²) in [6, 6.07) is 18.2. The Morgan fingerprint density at radius 3 is 2.34 bits per heavy atom. The number of hydrogen-bond donors (Lipinski definition) is 2. The van der Waals surface area contributed by atoms with Gasteiger partial charge in [0.15, 0.2) is 0 Å². The van der Waals surface area contributed by atoms with Gasteiger partial charge in [0.05, 0.1) is 29.7 Å². The van der Waals surface area contributed by atoms with Crippen molar-refractivity contribution in [3.63, 3.8) is 0 Å². The number of anilines is 3. The third-order valence-corrected chi connectivity index (χ3v) is 4.34. The fourth-order valence-corrected chi connectivity index (χ4v) is 2.87. The van der Waals surface area contributed by atoms with Crippen LogP contribution in [-0.4, -0.2) is 23.5 Å². The molecule has 0 unspecified atom stereocenters. The summed E-state index contributed by atoms with van der Waals surface area (Å²) in [5.41, 5.74) is 3.93. The SMILES string of the molecule is CCOC(=O)c1ccccc1NC(=O)c1ccc(Nc2ccccc2CC)cn1. The van der Waals surface area contributed by atoms with E-state index < -0.39 is 11.9 Å². The number of benzene rings is 2. The van der Waals surface area contributed by atoms with Crippen molar-refractivity contribution in [1.29, 1.82) is 0 Å². The minimum Gasteiger partial charge on any atom is -0.462 e. The van der Waals surface area contributed by atoms with Crippen molar-refractivity contribution < 1.29 is 14.3 Å². The van der Waals surface area contributed by atoms with Crippen LogP contribution >= 0.6 is 0 Å². The standard InChI is InChI=1S/C23H23N3O3/c1-3-16-9-5-7-11-19(16)25-17-13-14-21(24-15-17)22(27)26-20-12-8-6-10-18(20)23(28)29-4-2/h5-15,25H,3-4H2,1-2H3,(H,26,27). The smallest absolute Gasteiger partial charge is 0.340 e. The van der Waals surface area contributed by atoms with Gasteiger partial charge in [0.25, 0.3) is 5.91 Å². The van der Waals surface area contributed by atoms with Crippen molar-refractivity contribution in [3.8, 4) is 0 Å². The minimum atomic E-state index is -0.481. The molecule has 148 valence electrons. The molecule has 0 fully saturated rings. The number of amides is 1. The van der Waals surface area contributed by atoms with Gasteiger partial charge in [0.2, 0.25) is 0 Å². The highest BCUT2D eigenvalue weighted by Gasteiger charge is 2.15. The molecule has 29 heavy (non-hydrogen) atoms. The van der Waals surface area contributed by atoms with Gasteiger partial charge in [-0.25, -0.2) is 9.78 Å². The van der Waals surface area contributed by atoms with E-state index in [9.17, 15) is 9.59 Å². The van der Waals surface area contributed by atoms with Crippen LogP contribution in [0.1, 0.15) is 40.3 Å². The normalized spacial score (nSPS) is 10.3. The molecule has 0 saturated carbocycles. The van der Waals surface area contributed by atoms with Crippen molar-refractivity contribution >= 4 is 28.9 Å². The second kappa shape index (κ2) is 9.50. The zero-order chi connectivity index (χ0) is 20.6. The van der Waals surface area contributed by atoms with E-state index >= 15 is 0 Å². The van der Waals surface area contributed by atoms with Crippen molar-refractivity contribution in [2.45, 2.75) is 20.3 Å². The van der Waals surface area contributed by atoms with Crippen molar-refractivity contribution in [1.82, 2.24) is 4.98 Å². The molecule has 0 aliphatic rings. The number of carbonyl (C=O) groups is 2. The number of pyridine rings is 1. The minimum absolute atomic E-state index is 0.248. The molecule has 3 rings (SSSR count). The summed E-state index contributed by atoms with van der Waals surface area (Å²) in [5, 5.41) is 6.05. The Morgan fingerprint density at radius 2 is 1.66 bits per heavy atom. The maximum Gasteiger partial charge on any atom is 0.340 e. The number of nitrogens with zero attached hydrogens (tertiary/aromatic N) is 1. The van der Waals surface area contributed by atoms with E-state index in [1.54, 1.807) is 49.5 Å². The Balaban J connectivity index is 1.72. The molecule has 2 N–H and O–H groups in total. The lowest BCUT2D eigenvalue weighted by Crippen LogP contribution is -2.17. The summed E-state index contributed by atoms with van der Waals surface area (Å²) in [4.78, 5) is 28.9. The third-order valence-electron chi connectivity index (χ3n) is 4.34. The summed E-state index contributed by atoms with van der Waals surface area (Å²) in [6.45, 7) is 4.09. The number of nitrogens with one attached hydrogen (secondary N) is 2. The van der Waals surface area contributed by atoms with Gasteiger partial charge in [-0.15, -0.1) is 0 Å². The van der Waals surface area contributed by atoms with Gasteiger partial charge in [-0.3, -0.25) is 4.79 Å². The monoisotopic (exact) mass is 389 g/mol. The Labute approximate surface area is 169 Å². The van der Waals surface area contributed by atoms with Crippen molar-refractivity contribution in [3.05, 3.63) is 83.7 Å². The molecule has 1 amide bonds. The molecule has 0 atom stereocenters. The fraction of sp³-hybridized carbons (Fsp3) is 0.174. The van der Waals surface area contributed by atoms with Crippen LogP contribution in [0.15, 0.2) is 66.9 Å². The van der Waals surface area contributed by atoms with Gasteiger partial charge >= 0.3 is 5.97 Å². The number of carbonyl (C=O) groups excluding carboxylic acids is 2. The Hall–Kier alpha value is -3.67. The number of aromatic nitrogens is 1. The van der Waals surface area contributed by atoms with Gasteiger partial charge in [-0.2, -0.15) is 0 Å². The first-order valence-corrected chi connectivity index (χ1v) is 9.50. The first-order chi connectivity index (χ1) is 14.1. The van der Waals surface area contributed by atoms with Crippen LogP contribution in [0, 0.1) is 0 Å². The summed E-state index contributed by atoms with van der Waals surface area (Å²) in [5.74, 6) is -0.882. The predicted octanol–water partition coefficient (Wildman–Crippen LogP) is 4.82. The van der Waals surface area contributed by atoms with Crippen LogP contribution in [-0.2, 0) is 11.2 Å². The van der Waals surface area contributed by atoms with Gasteiger partial charge in [0.1, 0.15) is 5.69 Å². The number of ether oxygens (including phenoxy) is 1. The molecule has 3 aromatic rings. The van der Waals surface area contributed by atoms with Crippen molar-refractivity contribution in [2.24, 2.45) is 0 Å². The number of rotatable bonds is 7. The van der Waals surface area contributed by atoms with Gasteiger partial charge < -0.3 is 15.4 Å². The van der Waals surface area contributed by atoms with Gasteiger partial charge in [-0.05, 0) is 49.2 Å². The molecule has 0 radical (unpaired) electrons. The fourth-order valence-electron chi connectivity index (χ4n) is 2.87. The molecule has 1 aromatic heterocycles. The zero-order valence-corrected chi connectivity index (χ0v) is 16.4. The van der Waals surface area contributed by atoms with E-state index in [0.717, 1.165) is 17.8 Å². The second-order valence-electron chi connectivity index (χ2n) is 6.29. The molecule has 6 heteroatoms. The highest BCUT2D eigenvalue weighted by atomic mass is 16.5. The number of aryl methyl sites for hydroxylation is 1. The first-order valence-electron chi connectivity index (χ1n) is 9.50. The molecule has 2 aromatic carbocycles. The Kier molecular flexibility index (Phi) is 6.58. The maximum absolute atomic E-state index is 12.6. The lowest BCUT2D eigenvalue weighted by molar-refractivity contribution is 0.0527. The predicted molar refractivity (Wildman–Crippen MR) is 114 cm³/mol. The van der Waals surface area contributed by atoms with Crippen molar-refractivity contribution in [2.75, 3.05) is 17.2 Å². The van der Waals surface area contributed by atoms with Gasteiger partial charge in [0, 0.05) is 5.69 Å². The zero-order valence-electron chi connectivity index (χ0n) is 16.4. The van der Waals surface area contributed by atoms with E-state index in [1.165, 1.54) is 5.56 Å². The molecular weight excluding hydrogens is 366 g/mol.